The van der Waals surface area contributed by atoms with Gasteiger partial charge in [0.2, 0.25) is 0 Å². The summed E-state index contributed by atoms with van der Waals surface area (Å²) < 4.78 is 0. The first kappa shape index (κ1) is 9.01. The van der Waals surface area contributed by atoms with Gasteiger partial charge in [0.1, 0.15) is 0 Å². The van der Waals surface area contributed by atoms with Gasteiger partial charge in [-0.3, -0.25) is 0 Å². The Morgan fingerprint density at radius 2 is 1.79 bits per heavy atom. The van der Waals surface area contributed by atoms with Gasteiger partial charge in [0.15, 0.2) is 0 Å². The molecule has 0 heterocycles. The van der Waals surface area contributed by atoms with Gasteiger partial charge in [0, 0.05) is 0 Å². The highest BCUT2D eigenvalue weighted by atomic mass is 14.0. The van der Waals surface area contributed by atoms with Crippen LogP contribution in [0.3, 0.4) is 0 Å². The van der Waals surface area contributed by atoms with Crippen LogP contribution in [0.15, 0.2) is 54.6 Å². The molecule has 0 saturated carbocycles. The largest absolute Gasteiger partial charge is 0.0998 e. The van der Waals surface area contributed by atoms with E-state index in [0.29, 0.717) is 0 Å². The summed E-state index contributed by atoms with van der Waals surface area (Å²) in [6, 6.07) is 15.0. The number of allylic oxidation sites excluding steroid dienone is 1. The van der Waals surface area contributed by atoms with E-state index in [9.17, 15) is 0 Å². The Hall–Kier alpha value is -1.56. The lowest BCUT2D eigenvalue weighted by Gasteiger charge is -2.02. The summed E-state index contributed by atoms with van der Waals surface area (Å²) in [4.78, 5) is 0. The molecule has 0 amide bonds. The average molecular weight is 182 g/mol. The maximum atomic E-state index is 3.93. The van der Waals surface area contributed by atoms with Crippen LogP contribution < -0.4 is 0 Å². The highest BCUT2D eigenvalue weighted by Gasteiger charge is 1.95. The molecule has 0 radical (unpaired) electrons. The molecule has 0 fully saturated rings. The fourth-order valence-electron chi connectivity index (χ4n) is 1.70. The topological polar surface area (TPSA) is 0 Å². The number of hydrogen-bond acceptors (Lipinski definition) is 0. The van der Waals surface area contributed by atoms with Crippen molar-refractivity contribution in [1.29, 1.82) is 0 Å². The quantitative estimate of drug-likeness (QED) is 0.617. The minimum absolute atomic E-state index is 0.977. The predicted octanol–water partition coefficient (Wildman–Crippen LogP) is 3.96. The Balaban J connectivity index is 2.46. The molecule has 2 aromatic carbocycles. The van der Waals surface area contributed by atoms with E-state index in [2.05, 4.69) is 56.0 Å². The van der Waals surface area contributed by atoms with E-state index in [0.717, 1.165) is 6.42 Å². The minimum Gasteiger partial charge on any atom is -0.0998 e. The second-order valence-electron chi connectivity index (χ2n) is 3.82. The van der Waals surface area contributed by atoms with Gasteiger partial charge in [-0.15, -0.1) is 0 Å². The van der Waals surface area contributed by atoms with Crippen LogP contribution in [0.25, 0.3) is 10.8 Å². The molecular formula is C14H14. The predicted molar refractivity (Wildman–Crippen MR) is 62.5 cm³/mol. The van der Waals surface area contributed by atoms with Crippen LogP contribution in [0.5, 0.6) is 0 Å². The Kier molecular flexibility index (Phi) is 2.36. The van der Waals surface area contributed by atoms with E-state index in [-0.39, 0.29) is 0 Å². The molecule has 0 aromatic heterocycles. The van der Waals surface area contributed by atoms with Crippen molar-refractivity contribution in [1.82, 2.24) is 0 Å². The van der Waals surface area contributed by atoms with Gasteiger partial charge in [-0.05, 0) is 29.7 Å². The van der Waals surface area contributed by atoms with Crippen molar-refractivity contribution in [2.45, 2.75) is 13.3 Å². The first-order valence-electron chi connectivity index (χ1n) is 4.88. The number of fused-ring (bicyclic) bond motifs is 1. The molecule has 0 aliphatic rings. The van der Waals surface area contributed by atoms with E-state index in [1.54, 1.807) is 0 Å². The van der Waals surface area contributed by atoms with E-state index in [1.807, 2.05) is 0 Å². The second kappa shape index (κ2) is 3.67. The van der Waals surface area contributed by atoms with E-state index >= 15 is 0 Å². The third-order valence-corrected chi connectivity index (χ3v) is 2.32. The van der Waals surface area contributed by atoms with Gasteiger partial charge < -0.3 is 0 Å². The smallest absolute Gasteiger partial charge is 0.00724 e. The Morgan fingerprint density at radius 3 is 2.50 bits per heavy atom. The highest BCUT2D eigenvalue weighted by Crippen LogP contribution is 2.17. The van der Waals surface area contributed by atoms with Crippen molar-refractivity contribution < 1.29 is 0 Å². The molecule has 2 aromatic rings. The SMILES string of the molecule is C=C(C)Cc1ccc2ccccc2c1. The van der Waals surface area contributed by atoms with Crippen molar-refractivity contribution in [2.24, 2.45) is 0 Å². The molecule has 70 valence electrons. The van der Waals surface area contributed by atoms with Gasteiger partial charge in [-0.25, -0.2) is 0 Å². The van der Waals surface area contributed by atoms with E-state index in [4.69, 9.17) is 0 Å². The van der Waals surface area contributed by atoms with Gasteiger partial charge in [0.05, 0.1) is 0 Å². The summed E-state index contributed by atoms with van der Waals surface area (Å²) in [5, 5.41) is 2.62. The Morgan fingerprint density at radius 1 is 1.07 bits per heavy atom. The third-order valence-electron chi connectivity index (χ3n) is 2.32. The third kappa shape index (κ3) is 1.85. The van der Waals surface area contributed by atoms with Crippen LogP contribution in [0, 0.1) is 0 Å². The molecule has 0 bridgehead atoms. The van der Waals surface area contributed by atoms with Gasteiger partial charge >= 0.3 is 0 Å². The summed E-state index contributed by atoms with van der Waals surface area (Å²) in [5.41, 5.74) is 2.55. The molecule has 0 nitrogen and oxygen atoms in total. The van der Waals surface area contributed by atoms with Crippen LogP contribution in [-0.4, -0.2) is 0 Å². The summed E-state index contributed by atoms with van der Waals surface area (Å²) in [7, 11) is 0. The van der Waals surface area contributed by atoms with Crippen LogP contribution >= 0.6 is 0 Å². The van der Waals surface area contributed by atoms with Crippen molar-refractivity contribution in [3.8, 4) is 0 Å². The monoisotopic (exact) mass is 182 g/mol. The molecule has 0 atom stereocenters. The van der Waals surface area contributed by atoms with Gasteiger partial charge in [-0.2, -0.15) is 0 Å². The van der Waals surface area contributed by atoms with E-state index < -0.39 is 0 Å². The standard InChI is InChI=1S/C14H14/c1-11(2)9-12-7-8-13-5-3-4-6-14(13)10-12/h3-8,10H,1,9H2,2H3. The minimum atomic E-state index is 0.977. The maximum absolute atomic E-state index is 3.93. The summed E-state index contributed by atoms with van der Waals surface area (Å²) in [6.45, 7) is 6.00. The number of benzene rings is 2. The summed E-state index contributed by atoms with van der Waals surface area (Å²) in [5.74, 6) is 0. The highest BCUT2D eigenvalue weighted by molar-refractivity contribution is 5.83. The van der Waals surface area contributed by atoms with Crippen molar-refractivity contribution in [3.05, 3.63) is 60.2 Å². The van der Waals surface area contributed by atoms with Crippen molar-refractivity contribution in [3.63, 3.8) is 0 Å². The molecule has 0 aliphatic heterocycles. The number of hydrogen-bond donors (Lipinski definition) is 0. The molecule has 0 aliphatic carbocycles. The maximum Gasteiger partial charge on any atom is -0.00724 e. The molecule has 0 heteroatoms. The van der Waals surface area contributed by atoms with E-state index in [1.165, 1.54) is 21.9 Å². The molecule has 0 saturated heterocycles. The summed E-state index contributed by atoms with van der Waals surface area (Å²) in [6.07, 6.45) is 0.977. The first-order chi connectivity index (χ1) is 6.75. The zero-order chi connectivity index (χ0) is 9.97. The average Bonchev–Trinajstić information content (AvgIpc) is 2.17. The fourth-order valence-corrected chi connectivity index (χ4v) is 1.70. The van der Waals surface area contributed by atoms with Crippen molar-refractivity contribution in [2.75, 3.05) is 0 Å². The lowest BCUT2D eigenvalue weighted by Crippen LogP contribution is -1.85. The number of rotatable bonds is 2. The Labute approximate surface area is 84.9 Å². The summed E-state index contributed by atoms with van der Waals surface area (Å²) >= 11 is 0. The van der Waals surface area contributed by atoms with Crippen molar-refractivity contribution >= 4 is 10.8 Å². The van der Waals surface area contributed by atoms with Crippen LogP contribution in [0.1, 0.15) is 12.5 Å². The molecule has 0 spiro atoms. The lowest BCUT2D eigenvalue weighted by atomic mass is 10.0. The molecular weight excluding hydrogens is 168 g/mol. The van der Waals surface area contributed by atoms with Crippen LogP contribution in [0.2, 0.25) is 0 Å². The second-order valence-corrected chi connectivity index (χ2v) is 3.82. The van der Waals surface area contributed by atoms with Crippen LogP contribution in [-0.2, 0) is 6.42 Å². The zero-order valence-corrected chi connectivity index (χ0v) is 8.46. The zero-order valence-electron chi connectivity index (χ0n) is 8.46. The molecule has 14 heavy (non-hydrogen) atoms. The normalized spacial score (nSPS) is 10.4. The fraction of sp³-hybridized carbons (Fsp3) is 0.143. The Bertz CT molecular complexity index is 466. The van der Waals surface area contributed by atoms with Gasteiger partial charge in [0.25, 0.3) is 0 Å². The molecule has 0 N–H and O–H groups in total. The lowest BCUT2D eigenvalue weighted by molar-refractivity contribution is 1.16. The van der Waals surface area contributed by atoms with Gasteiger partial charge in [-0.1, -0.05) is 54.6 Å². The first-order valence-corrected chi connectivity index (χ1v) is 4.88. The molecule has 0 unspecified atom stereocenters. The van der Waals surface area contributed by atoms with Crippen LogP contribution in [0.4, 0.5) is 0 Å². The molecule has 2 rings (SSSR count).